The second kappa shape index (κ2) is 8.68. The van der Waals surface area contributed by atoms with Crippen molar-refractivity contribution in [2.45, 2.75) is 6.61 Å². The Morgan fingerprint density at radius 2 is 1.79 bits per heavy atom. The van der Waals surface area contributed by atoms with Gasteiger partial charge in [-0.2, -0.15) is 0 Å². The van der Waals surface area contributed by atoms with Gasteiger partial charge in [-0.15, -0.1) is 0 Å². The van der Waals surface area contributed by atoms with E-state index in [2.05, 4.69) is 5.32 Å². The highest BCUT2D eigenvalue weighted by Crippen LogP contribution is 2.25. The molecule has 0 radical (unpaired) electrons. The third kappa shape index (κ3) is 5.23. The number of nitrogens with one attached hydrogen (secondary N) is 1. The van der Waals surface area contributed by atoms with Crippen LogP contribution in [-0.2, 0) is 20.9 Å². The number of methoxy groups -OCH3 is 1. The van der Waals surface area contributed by atoms with E-state index >= 15 is 0 Å². The number of halogens is 2. The first-order valence-electron chi connectivity index (χ1n) is 6.99. The minimum absolute atomic E-state index is 0.302. The van der Waals surface area contributed by atoms with Gasteiger partial charge in [0.15, 0.2) is 6.61 Å². The largest absolute Gasteiger partial charge is 0.452 e. The average Bonchev–Trinajstić information content (AvgIpc) is 2.56. The lowest BCUT2D eigenvalue weighted by molar-refractivity contribution is -0.119. The van der Waals surface area contributed by atoms with Gasteiger partial charge in [0.2, 0.25) is 0 Å². The van der Waals surface area contributed by atoms with Crippen molar-refractivity contribution < 1.29 is 19.1 Å². The topological polar surface area (TPSA) is 64.6 Å². The Morgan fingerprint density at radius 3 is 2.42 bits per heavy atom. The van der Waals surface area contributed by atoms with Gasteiger partial charge in [0.1, 0.15) is 0 Å². The van der Waals surface area contributed by atoms with Crippen LogP contribution in [0.1, 0.15) is 15.9 Å². The molecule has 0 aliphatic carbocycles. The SMILES string of the molecule is COCc1ccc(C(=O)OCC(=O)Nc2ccc(Cl)cc2Cl)cc1. The van der Waals surface area contributed by atoms with Gasteiger partial charge in [0.05, 0.1) is 22.9 Å². The van der Waals surface area contributed by atoms with E-state index in [9.17, 15) is 9.59 Å². The van der Waals surface area contributed by atoms with Crippen molar-refractivity contribution >= 4 is 40.8 Å². The third-order valence-electron chi connectivity index (χ3n) is 3.04. The summed E-state index contributed by atoms with van der Waals surface area (Å²) in [4.78, 5) is 23.7. The monoisotopic (exact) mass is 367 g/mol. The number of ether oxygens (including phenoxy) is 2. The smallest absolute Gasteiger partial charge is 0.338 e. The second-order valence-corrected chi connectivity index (χ2v) is 5.72. The van der Waals surface area contributed by atoms with Crippen molar-refractivity contribution in [3.63, 3.8) is 0 Å². The lowest BCUT2D eigenvalue weighted by Gasteiger charge is -2.08. The quantitative estimate of drug-likeness (QED) is 0.785. The number of rotatable bonds is 6. The summed E-state index contributed by atoms with van der Waals surface area (Å²) in [5.74, 6) is -1.08. The lowest BCUT2D eigenvalue weighted by Crippen LogP contribution is -2.21. The molecule has 1 N–H and O–H groups in total. The Bertz CT molecular complexity index is 732. The van der Waals surface area contributed by atoms with Gasteiger partial charge in [-0.3, -0.25) is 4.79 Å². The molecule has 0 saturated carbocycles. The van der Waals surface area contributed by atoms with E-state index in [-0.39, 0.29) is 0 Å². The van der Waals surface area contributed by atoms with Crippen LogP contribution in [0, 0.1) is 0 Å². The molecule has 0 aromatic heterocycles. The van der Waals surface area contributed by atoms with Crippen LogP contribution in [0.3, 0.4) is 0 Å². The van der Waals surface area contributed by atoms with Crippen LogP contribution in [0.5, 0.6) is 0 Å². The zero-order valence-electron chi connectivity index (χ0n) is 12.8. The van der Waals surface area contributed by atoms with Crippen LogP contribution in [0.15, 0.2) is 42.5 Å². The summed E-state index contributed by atoms with van der Waals surface area (Å²) in [6, 6.07) is 11.4. The number of hydrogen-bond donors (Lipinski definition) is 1. The van der Waals surface area contributed by atoms with E-state index in [1.165, 1.54) is 6.07 Å². The van der Waals surface area contributed by atoms with Crippen LogP contribution in [0.2, 0.25) is 10.0 Å². The zero-order chi connectivity index (χ0) is 17.5. The Hall–Kier alpha value is -2.08. The first-order chi connectivity index (χ1) is 11.5. The van der Waals surface area contributed by atoms with E-state index in [0.717, 1.165) is 5.56 Å². The van der Waals surface area contributed by atoms with Crippen molar-refractivity contribution in [1.29, 1.82) is 0 Å². The Labute approximate surface area is 149 Å². The molecule has 0 saturated heterocycles. The van der Waals surface area contributed by atoms with Crippen LogP contribution < -0.4 is 5.32 Å². The predicted octanol–water partition coefficient (Wildman–Crippen LogP) is 3.94. The number of hydrogen-bond acceptors (Lipinski definition) is 4. The minimum Gasteiger partial charge on any atom is -0.452 e. The maximum Gasteiger partial charge on any atom is 0.338 e. The number of benzene rings is 2. The highest BCUT2D eigenvalue weighted by Gasteiger charge is 2.11. The van der Waals surface area contributed by atoms with E-state index < -0.39 is 18.5 Å². The van der Waals surface area contributed by atoms with Crippen LogP contribution in [-0.4, -0.2) is 25.6 Å². The molecular formula is C17H15Cl2NO4. The molecule has 0 bridgehead atoms. The van der Waals surface area contributed by atoms with Crippen molar-refractivity contribution in [2.75, 3.05) is 19.0 Å². The van der Waals surface area contributed by atoms with Gasteiger partial charge < -0.3 is 14.8 Å². The lowest BCUT2D eigenvalue weighted by atomic mass is 10.1. The fraction of sp³-hybridized carbons (Fsp3) is 0.176. The summed E-state index contributed by atoms with van der Waals surface area (Å²) in [6.45, 7) is 0.0389. The summed E-state index contributed by atoms with van der Waals surface area (Å²) >= 11 is 11.7. The molecule has 0 heterocycles. The second-order valence-electron chi connectivity index (χ2n) is 4.88. The number of amides is 1. The molecule has 7 heteroatoms. The highest BCUT2D eigenvalue weighted by atomic mass is 35.5. The fourth-order valence-electron chi connectivity index (χ4n) is 1.90. The Kier molecular flexibility index (Phi) is 6.61. The summed E-state index contributed by atoms with van der Waals surface area (Å²) in [7, 11) is 1.59. The molecule has 0 unspecified atom stereocenters. The molecule has 2 rings (SSSR count). The maximum atomic E-state index is 11.9. The number of carbonyl (C=O) groups excluding carboxylic acids is 2. The molecule has 1 amide bonds. The molecule has 5 nitrogen and oxygen atoms in total. The summed E-state index contributed by atoms with van der Waals surface area (Å²) in [5.41, 5.74) is 1.68. The normalized spacial score (nSPS) is 10.3. The molecule has 0 spiro atoms. The third-order valence-corrected chi connectivity index (χ3v) is 3.59. The molecule has 0 aliphatic heterocycles. The van der Waals surface area contributed by atoms with Gasteiger partial charge in [-0.1, -0.05) is 35.3 Å². The number of carbonyl (C=O) groups is 2. The van der Waals surface area contributed by atoms with Gasteiger partial charge >= 0.3 is 5.97 Å². The Balaban J connectivity index is 1.87. The van der Waals surface area contributed by atoms with E-state index in [0.29, 0.717) is 27.9 Å². The highest BCUT2D eigenvalue weighted by molar-refractivity contribution is 6.36. The van der Waals surface area contributed by atoms with Gasteiger partial charge in [-0.25, -0.2) is 4.79 Å². The molecule has 0 fully saturated rings. The first kappa shape index (κ1) is 18.3. The fourth-order valence-corrected chi connectivity index (χ4v) is 2.35. The van der Waals surface area contributed by atoms with E-state index in [1.54, 1.807) is 43.5 Å². The molecule has 0 atom stereocenters. The van der Waals surface area contributed by atoms with E-state index in [1.807, 2.05) is 0 Å². The molecule has 2 aromatic carbocycles. The van der Waals surface area contributed by atoms with Crippen LogP contribution >= 0.6 is 23.2 Å². The zero-order valence-corrected chi connectivity index (χ0v) is 14.4. The predicted molar refractivity (Wildman–Crippen MR) is 92.5 cm³/mol. The average molecular weight is 368 g/mol. The number of anilines is 1. The van der Waals surface area contributed by atoms with Gasteiger partial charge in [0.25, 0.3) is 5.91 Å². The van der Waals surface area contributed by atoms with E-state index in [4.69, 9.17) is 32.7 Å². The standard InChI is InChI=1S/C17H15Cl2NO4/c1-23-9-11-2-4-12(5-3-11)17(22)24-10-16(21)20-15-7-6-13(18)8-14(15)19/h2-8H,9-10H2,1H3,(H,20,21). The maximum absolute atomic E-state index is 11.9. The molecule has 0 aliphatic rings. The van der Waals surface area contributed by atoms with Gasteiger partial charge in [0, 0.05) is 12.1 Å². The summed E-state index contributed by atoms with van der Waals surface area (Å²) in [6.07, 6.45) is 0. The molecule has 2 aromatic rings. The molecular weight excluding hydrogens is 353 g/mol. The summed E-state index contributed by atoms with van der Waals surface area (Å²) < 4.78 is 9.97. The van der Waals surface area contributed by atoms with Crippen molar-refractivity contribution in [1.82, 2.24) is 0 Å². The minimum atomic E-state index is -0.587. The van der Waals surface area contributed by atoms with Crippen molar-refractivity contribution in [3.8, 4) is 0 Å². The van der Waals surface area contributed by atoms with Crippen LogP contribution in [0.4, 0.5) is 5.69 Å². The van der Waals surface area contributed by atoms with Crippen molar-refractivity contribution in [3.05, 3.63) is 63.6 Å². The summed E-state index contributed by atoms with van der Waals surface area (Å²) in [5, 5.41) is 3.31. The first-order valence-corrected chi connectivity index (χ1v) is 7.75. The Morgan fingerprint density at radius 1 is 1.08 bits per heavy atom. The number of esters is 1. The molecule has 24 heavy (non-hydrogen) atoms. The molecule has 126 valence electrons. The van der Waals surface area contributed by atoms with Gasteiger partial charge in [-0.05, 0) is 35.9 Å². The van der Waals surface area contributed by atoms with Crippen LogP contribution in [0.25, 0.3) is 0 Å². The van der Waals surface area contributed by atoms with Crippen molar-refractivity contribution in [2.24, 2.45) is 0 Å².